The number of hydrogen-bond donors (Lipinski definition) is 3. The van der Waals surface area contributed by atoms with E-state index in [2.05, 4.69) is 15.6 Å². The second-order valence-corrected chi connectivity index (χ2v) is 4.10. The Kier molecular flexibility index (Phi) is 4.10. The lowest BCUT2D eigenvalue weighted by molar-refractivity contribution is 0.102. The van der Waals surface area contributed by atoms with Gasteiger partial charge < -0.3 is 15.6 Å². The monoisotopic (exact) mass is 257 g/mol. The van der Waals surface area contributed by atoms with Crippen molar-refractivity contribution in [3.8, 4) is 0 Å². The van der Waals surface area contributed by atoms with Crippen LogP contribution in [-0.4, -0.2) is 17.9 Å². The number of aromatic nitrogens is 1. The molecule has 5 nitrogen and oxygen atoms in total. The first-order valence-electron chi connectivity index (χ1n) is 5.92. The molecule has 2 rings (SSSR count). The highest BCUT2D eigenvalue weighted by Crippen LogP contribution is 2.10. The molecule has 19 heavy (non-hydrogen) atoms. The summed E-state index contributed by atoms with van der Waals surface area (Å²) >= 11 is 0. The van der Waals surface area contributed by atoms with Crippen molar-refractivity contribution in [2.75, 3.05) is 12.4 Å². The highest BCUT2D eigenvalue weighted by molar-refractivity contribution is 6.03. The van der Waals surface area contributed by atoms with E-state index in [-0.39, 0.29) is 11.0 Å². The number of carbonyl (C=O) groups excluding carboxylic acids is 1. The van der Waals surface area contributed by atoms with Crippen LogP contribution in [0, 0.1) is 0 Å². The standard InChI is InChI=1S/C14H15N3O2/c1-15-8-10-2-4-11(5-3-10)17-14(19)12-9-16-7-6-13(12)18/h2-7,9,15H,8H2,1H3,(H,16,18)(H,17,19). The summed E-state index contributed by atoms with van der Waals surface area (Å²) in [5.74, 6) is -0.414. The number of hydrogen-bond acceptors (Lipinski definition) is 3. The molecule has 1 heterocycles. The fourth-order valence-corrected chi connectivity index (χ4v) is 1.70. The zero-order valence-electron chi connectivity index (χ0n) is 10.6. The Labute approximate surface area is 110 Å². The zero-order chi connectivity index (χ0) is 13.7. The Morgan fingerprint density at radius 2 is 1.95 bits per heavy atom. The van der Waals surface area contributed by atoms with Crippen LogP contribution < -0.4 is 16.1 Å². The van der Waals surface area contributed by atoms with Crippen molar-refractivity contribution >= 4 is 11.6 Å². The topological polar surface area (TPSA) is 74.0 Å². The number of benzene rings is 1. The molecular weight excluding hydrogens is 242 g/mol. The molecule has 3 N–H and O–H groups in total. The van der Waals surface area contributed by atoms with Crippen molar-refractivity contribution in [1.82, 2.24) is 10.3 Å². The number of carbonyl (C=O) groups is 1. The summed E-state index contributed by atoms with van der Waals surface area (Å²) in [6, 6.07) is 8.77. The lowest BCUT2D eigenvalue weighted by Crippen LogP contribution is -2.20. The minimum absolute atomic E-state index is 0.0989. The van der Waals surface area contributed by atoms with E-state index in [1.165, 1.54) is 18.5 Å². The Morgan fingerprint density at radius 3 is 2.58 bits per heavy atom. The molecule has 1 amide bonds. The molecule has 0 saturated heterocycles. The average Bonchev–Trinajstić information content (AvgIpc) is 2.42. The summed E-state index contributed by atoms with van der Waals surface area (Å²) in [5, 5.41) is 5.73. The molecule has 0 saturated carbocycles. The first-order chi connectivity index (χ1) is 9.20. The maximum Gasteiger partial charge on any atom is 0.261 e. The number of nitrogens with one attached hydrogen (secondary N) is 3. The van der Waals surface area contributed by atoms with Crippen molar-refractivity contribution in [2.24, 2.45) is 0 Å². The molecular formula is C14H15N3O2. The molecule has 0 radical (unpaired) electrons. The first kappa shape index (κ1) is 13.0. The third-order valence-corrected chi connectivity index (χ3v) is 2.66. The molecule has 0 spiro atoms. The van der Waals surface area contributed by atoms with E-state index in [0.717, 1.165) is 12.1 Å². The molecule has 1 aromatic carbocycles. The molecule has 2 aromatic rings. The van der Waals surface area contributed by atoms with Gasteiger partial charge in [-0.05, 0) is 24.7 Å². The zero-order valence-corrected chi connectivity index (χ0v) is 10.6. The molecule has 0 aliphatic carbocycles. The molecule has 98 valence electrons. The van der Waals surface area contributed by atoms with Crippen LogP contribution in [0.15, 0.2) is 47.5 Å². The molecule has 5 heteroatoms. The summed E-state index contributed by atoms with van der Waals surface area (Å²) in [4.78, 5) is 26.1. The van der Waals surface area contributed by atoms with Crippen LogP contribution in [0.3, 0.4) is 0 Å². The quantitative estimate of drug-likeness (QED) is 0.774. The van der Waals surface area contributed by atoms with Crippen LogP contribution in [0.5, 0.6) is 0 Å². The van der Waals surface area contributed by atoms with Crippen LogP contribution in [0.1, 0.15) is 15.9 Å². The van der Waals surface area contributed by atoms with E-state index in [4.69, 9.17) is 0 Å². The highest BCUT2D eigenvalue weighted by atomic mass is 16.2. The van der Waals surface area contributed by atoms with Gasteiger partial charge in [0.1, 0.15) is 5.56 Å². The van der Waals surface area contributed by atoms with Gasteiger partial charge in [-0.15, -0.1) is 0 Å². The molecule has 0 bridgehead atoms. The van der Waals surface area contributed by atoms with Crippen molar-refractivity contribution in [2.45, 2.75) is 6.54 Å². The largest absolute Gasteiger partial charge is 0.367 e. The Balaban J connectivity index is 2.11. The van der Waals surface area contributed by atoms with Crippen molar-refractivity contribution in [1.29, 1.82) is 0 Å². The van der Waals surface area contributed by atoms with E-state index in [1.54, 1.807) is 0 Å². The van der Waals surface area contributed by atoms with Crippen LogP contribution in [0.25, 0.3) is 0 Å². The molecule has 1 aromatic heterocycles. The van der Waals surface area contributed by atoms with Gasteiger partial charge in [-0.2, -0.15) is 0 Å². The highest BCUT2D eigenvalue weighted by Gasteiger charge is 2.09. The predicted molar refractivity (Wildman–Crippen MR) is 74.2 cm³/mol. The van der Waals surface area contributed by atoms with E-state index >= 15 is 0 Å². The number of aromatic amines is 1. The van der Waals surface area contributed by atoms with Crippen molar-refractivity contribution in [3.05, 3.63) is 64.1 Å². The van der Waals surface area contributed by atoms with Crippen molar-refractivity contribution in [3.63, 3.8) is 0 Å². The second kappa shape index (κ2) is 5.97. The lowest BCUT2D eigenvalue weighted by atomic mass is 10.2. The molecule has 0 unspecified atom stereocenters. The number of anilines is 1. The van der Waals surface area contributed by atoms with Crippen LogP contribution in [-0.2, 0) is 6.54 Å². The smallest absolute Gasteiger partial charge is 0.261 e. The molecule has 0 fully saturated rings. The second-order valence-electron chi connectivity index (χ2n) is 4.10. The molecule has 0 atom stereocenters. The fourth-order valence-electron chi connectivity index (χ4n) is 1.70. The van der Waals surface area contributed by atoms with Gasteiger partial charge in [-0.3, -0.25) is 9.59 Å². The average molecular weight is 257 g/mol. The predicted octanol–water partition coefficient (Wildman–Crippen LogP) is 1.35. The SMILES string of the molecule is CNCc1ccc(NC(=O)c2c[nH]ccc2=O)cc1. The van der Waals surface area contributed by atoms with Gasteiger partial charge in [0.15, 0.2) is 5.43 Å². The number of pyridine rings is 1. The van der Waals surface area contributed by atoms with Crippen LogP contribution in [0.4, 0.5) is 5.69 Å². The first-order valence-corrected chi connectivity index (χ1v) is 5.92. The van der Waals surface area contributed by atoms with Gasteiger partial charge in [-0.25, -0.2) is 0 Å². The van der Waals surface area contributed by atoms with Gasteiger partial charge in [0.2, 0.25) is 0 Å². The number of rotatable bonds is 4. The third kappa shape index (κ3) is 3.29. The summed E-state index contributed by atoms with van der Waals surface area (Å²) in [5.41, 5.74) is 1.58. The van der Waals surface area contributed by atoms with E-state index in [1.807, 2.05) is 31.3 Å². The van der Waals surface area contributed by atoms with Crippen molar-refractivity contribution < 1.29 is 4.79 Å². The van der Waals surface area contributed by atoms with Crippen LogP contribution in [0.2, 0.25) is 0 Å². The van der Waals surface area contributed by atoms with E-state index in [9.17, 15) is 9.59 Å². The fraction of sp³-hybridized carbons (Fsp3) is 0.143. The van der Waals surface area contributed by atoms with E-state index in [0.29, 0.717) is 5.69 Å². The maximum atomic E-state index is 11.9. The van der Waals surface area contributed by atoms with Gasteiger partial charge in [0, 0.05) is 30.7 Å². The normalized spacial score (nSPS) is 10.2. The van der Waals surface area contributed by atoms with Gasteiger partial charge in [0.05, 0.1) is 0 Å². The summed E-state index contributed by atoms with van der Waals surface area (Å²) in [6.45, 7) is 0.770. The van der Waals surface area contributed by atoms with E-state index < -0.39 is 5.91 Å². The van der Waals surface area contributed by atoms with Gasteiger partial charge in [-0.1, -0.05) is 12.1 Å². The van der Waals surface area contributed by atoms with Gasteiger partial charge in [0.25, 0.3) is 5.91 Å². The van der Waals surface area contributed by atoms with Crippen LogP contribution >= 0.6 is 0 Å². The number of amides is 1. The Bertz CT molecular complexity index is 617. The third-order valence-electron chi connectivity index (χ3n) is 2.66. The Morgan fingerprint density at radius 1 is 1.21 bits per heavy atom. The number of H-pyrrole nitrogens is 1. The minimum Gasteiger partial charge on any atom is -0.367 e. The minimum atomic E-state index is -0.414. The van der Waals surface area contributed by atoms with Gasteiger partial charge >= 0.3 is 0 Å². The Hall–Kier alpha value is -2.40. The summed E-state index contributed by atoms with van der Waals surface area (Å²) in [7, 11) is 1.87. The lowest BCUT2D eigenvalue weighted by Gasteiger charge is -2.06. The summed E-state index contributed by atoms with van der Waals surface area (Å²) < 4.78 is 0. The molecule has 0 aliphatic rings. The molecule has 0 aliphatic heterocycles. The summed E-state index contributed by atoms with van der Waals surface area (Å²) in [6.07, 6.45) is 2.89. The maximum absolute atomic E-state index is 11.9.